The molecule has 4 nitrogen and oxygen atoms in total. The summed E-state index contributed by atoms with van der Waals surface area (Å²) >= 11 is 0. The third-order valence-corrected chi connectivity index (χ3v) is 5.19. The van der Waals surface area contributed by atoms with Crippen molar-refractivity contribution < 1.29 is 13.6 Å². The van der Waals surface area contributed by atoms with Crippen LogP contribution in [-0.2, 0) is 11.2 Å². The molecule has 2 aromatic rings. The van der Waals surface area contributed by atoms with E-state index in [4.69, 9.17) is 4.42 Å². The lowest BCUT2D eigenvalue weighted by molar-refractivity contribution is -0.122. The number of amides is 1. The zero-order valence-corrected chi connectivity index (χ0v) is 15.3. The van der Waals surface area contributed by atoms with Gasteiger partial charge < -0.3 is 9.73 Å². The van der Waals surface area contributed by atoms with E-state index in [1.54, 1.807) is 18.2 Å². The maximum absolute atomic E-state index is 13.8. The molecule has 0 radical (unpaired) electrons. The largest absolute Gasteiger partial charge is 0.441 e. The fourth-order valence-corrected chi connectivity index (χ4v) is 3.75. The lowest BCUT2D eigenvalue weighted by atomic mass is 9.96. The normalized spacial score (nSPS) is 19.6. The number of nitrogens with zero attached hydrogens (tertiary/aromatic N) is 1. The highest BCUT2D eigenvalue weighted by Crippen LogP contribution is 2.30. The number of aryl methyl sites for hydroxylation is 1. The van der Waals surface area contributed by atoms with Crippen molar-refractivity contribution in [2.75, 3.05) is 0 Å². The molecule has 1 heterocycles. The number of aromatic nitrogens is 1. The second kappa shape index (κ2) is 8.97. The SMILES string of the molecule is CCCCC1CCCC1NC(=O)CCc1ncc(-c2ccccc2F)o1. The van der Waals surface area contributed by atoms with Gasteiger partial charge in [0.15, 0.2) is 11.7 Å². The van der Waals surface area contributed by atoms with Crippen LogP contribution in [0.2, 0.25) is 0 Å². The van der Waals surface area contributed by atoms with E-state index in [9.17, 15) is 9.18 Å². The van der Waals surface area contributed by atoms with Crippen molar-refractivity contribution >= 4 is 5.91 Å². The van der Waals surface area contributed by atoms with Gasteiger partial charge in [0.2, 0.25) is 5.91 Å². The molecule has 1 amide bonds. The first-order valence-corrected chi connectivity index (χ1v) is 9.66. The van der Waals surface area contributed by atoms with Crippen LogP contribution in [0.4, 0.5) is 4.39 Å². The minimum Gasteiger partial charge on any atom is -0.441 e. The standard InChI is InChI=1S/C21H27FN2O2/c1-2-3-7-15-8-6-11-18(15)24-20(25)12-13-21-23-14-19(26-21)16-9-4-5-10-17(16)22/h4-5,9-10,14-15,18H,2-3,6-8,11-13H2,1H3,(H,24,25). The Kier molecular flexibility index (Phi) is 6.42. The Morgan fingerprint density at radius 1 is 1.35 bits per heavy atom. The predicted molar refractivity (Wildman–Crippen MR) is 99.0 cm³/mol. The zero-order chi connectivity index (χ0) is 18.4. The Labute approximate surface area is 154 Å². The molecule has 3 rings (SSSR count). The van der Waals surface area contributed by atoms with Crippen molar-refractivity contribution in [3.8, 4) is 11.3 Å². The van der Waals surface area contributed by atoms with Gasteiger partial charge in [-0.2, -0.15) is 0 Å². The number of halogens is 1. The van der Waals surface area contributed by atoms with Crippen molar-refractivity contribution in [1.29, 1.82) is 0 Å². The van der Waals surface area contributed by atoms with Gasteiger partial charge in [-0.3, -0.25) is 4.79 Å². The van der Waals surface area contributed by atoms with Gasteiger partial charge in [0, 0.05) is 18.9 Å². The fraction of sp³-hybridized carbons (Fsp3) is 0.524. The molecule has 1 fully saturated rings. The topological polar surface area (TPSA) is 55.1 Å². The monoisotopic (exact) mass is 358 g/mol. The van der Waals surface area contributed by atoms with E-state index < -0.39 is 0 Å². The average molecular weight is 358 g/mol. The Morgan fingerprint density at radius 2 is 2.19 bits per heavy atom. The molecule has 1 aliphatic rings. The van der Waals surface area contributed by atoms with E-state index in [1.807, 2.05) is 0 Å². The molecular formula is C21H27FN2O2. The minimum atomic E-state index is -0.340. The molecule has 26 heavy (non-hydrogen) atoms. The molecule has 0 aliphatic heterocycles. The predicted octanol–water partition coefficient (Wildman–Crippen LogP) is 4.89. The van der Waals surface area contributed by atoms with E-state index in [2.05, 4.69) is 17.2 Å². The highest BCUT2D eigenvalue weighted by Gasteiger charge is 2.27. The maximum Gasteiger partial charge on any atom is 0.220 e. The Morgan fingerprint density at radius 3 is 3.00 bits per heavy atom. The minimum absolute atomic E-state index is 0.0454. The van der Waals surface area contributed by atoms with Crippen molar-refractivity contribution in [3.63, 3.8) is 0 Å². The van der Waals surface area contributed by atoms with Gasteiger partial charge in [-0.1, -0.05) is 38.3 Å². The number of carbonyl (C=O) groups excluding carboxylic acids is 1. The van der Waals surface area contributed by atoms with Gasteiger partial charge in [-0.25, -0.2) is 9.37 Å². The van der Waals surface area contributed by atoms with E-state index in [0.717, 1.165) is 6.42 Å². The molecule has 2 unspecified atom stereocenters. The number of unbranched alkanes of at least 4 members (excludes halogenated alkanes) is 1. The highest BCUT2D eigenvalue weighted by molar-refractivity contribution is 5.76. The highest BCUT2D eigenvalue weighted by atomic mass is 19.1. The van der Waals surface area contributed by atoms with Gasteiger partial charge in [0.1, 0.15) is 5.82 Å². The van der Waals surface area contributed by atoms with Crippen LogP contribution < -0.4 is 5.32 Å². The average Bonchev–Trinajstić information content (AvgIpc) is 3.28. The number of nitrogens with one attached hydrogen (secondary N) is 1. The van der Waals surface area contributed by atoms with E-state index in [-0.39, 0.29) is 11.7 Å². The molecule has 0 bridgehead atoms. The molecule has 140 valence electrons. The molecule has 5 heteroatoms. The number of benzene rings is 1. The van der Waals surface area contributed by atoms with Crippen molar-refractivity contribution in [3.05, 3.63) is 42.2 Å². The quantitative estimate of drug-likeness (QED) is 0.731. The third-order valence-electron chi connectivity index (χ3n) is 5.19. The second-order valence-corrected chi connectivity index (χ2v) is 7.11. The first kappa shape index (κ1) is 18.6. The van der Waals surface area contributed by atoms with Crippen LogP contribution in [0.15, 0.2) is 34.9 Å². The molecule has 1 N–H and O–H groups in total. The lowest BCUT2D eigenvalue weighted by Gasteiger charge is -2.20. The Bertz CT molecular complexity index is 728. The molecule has 1 aliphatic carbocycles. The van der Waals surface area contributed by atoms with Gasteiger partial charge in [0.25, 0.3) is 0 Å². The number of hydrogen-bond donors (Lipinski definition) is 1. The van der Waals surface area contributed by atoms with Gasteiger partial charge in [0.05, 0.1) is 11.8 Å². The van der Waals surface area contributed by atoms with Crippen LogP contribution in [0.3, 0.4) is 0 Å². The van der Waals surface area contributed by atoms with Crippen LogP contribution in [-0.4, -0.2) is 16.9 Å². The third kappa shape index (κ3) is 4.71. The number of rotatable bonds is 8. The summed E-state index contributed by atoms with van der Waals surface area (Å²) in [5, 5.41) is 3.19. The summed E-state index contributed by atoms with van der Waals surface area (Å²) in [7, 11) is 0. The summed E-state index contributed by atoms with van der Waals surface area (Å²) in [6.45, 7) is 2.20. The number of hydrogen-bond acceptors (Lipinski definition) is 3. The van der Waals surface area contributed by atoms with Crippen molar-refractivity contribution in [2.24, 2.45) is 5.92 Å². The van der Waals surface area contributed by atoms with Crippen LogP contribution in [0.25, 0.3) is 11.3 Å². The van der Waals surface area contributed by atoms with Crippen LogP contribution in [0, 0.1) is 11.7 Å². The number of carbonyl (C=O) groups is 1. The molecule has 0 saturated heterocycles. The fourth-order valence-electron chi connectivity index (χ4n) is 3.75. The smallest absolute Gasteiger partial charge is 0.220 e. The molecule has 1 aromatic heterocycles. The van der Waals surface area contributed by atoms with Gasteiger partial charge >= 0.3 is 0 Å². The summed E-state index contributed by atoms with van der Waals surface area (Å²) in [5.74, 6) is 1.19. The van der Waals surface area contributed by atoms with Crippen molar-refractivity contribution in [1.82, 2.24) is 10.3 Å². The number of oxazole rings is 1. The first-order chi connectivity index (χ1) is 12.7. The molecule has 0 spiro atoms. The Balaban J connectivity index is 1.50. The lowest BCUT2D eigenvalue weighted by Crippen LogP contribution is -2.37. The van der Waals surface area contributed by atoms with Crippen LogP contribution >= 0.6 is 0 Å². The van der Waals surface area contributed by atoms with Crippen LogP contribution in [0.1, 0.15) is 57.8 Å². The molecule has 1 aromatic carbocycles. The summed E-state index contributed by atoms with van der Waals surface area (Å²) in [6, 6.07) is 6.75. The first-order valence-electron chi connectivity index (χ1n) is 9.66. The van der Waals surface area contributed by atoms with Gasteiger partial charge in [-0.05, 0) is 37.3 Å². The second-order valence-electron chi connectivity index (χ2n) is 7.11. The summed E-state index contributed by atoms with van der Waals surface area (Å²) in [4.78, 5) is 16.5. The van der Waals surface area contributed by atoms with Crippen molar-refractivity contribution in [2.45, 2.75) is 64.3 Å². The molecule has 1 saturated carbocycles. The molecular weight excluding hydrogens is 331 g/mol. The van der Waals surface area contributed by atoms with E-state index >= 15 is 0 Å². The summed E-state index contributed by atoms with van der Waals surface area (Å²) in [6.07, 6.45) is 9.41. The summed E-state index contributed by atoms with van der Waals surface area (Å²) in [5.41, 5.74) is 0.389. The van der Waals surface area contributed by atoms with Crippen LogP contribution in [0.5, 0.6) is 0 Å². The van der Waals surface area contributed by atoms with E-state index in [0.29, 0.717) is 42.0 Å². The molecule has 2 atom stereocenters. The maximum atomic E-state index is 13.8. The summed E-state index contributed by atoms with van der Waals surface area (Å²) < 4.78 is 19.4. The Hall–Kier alpha value is -2.17. The van der Waals surface area contributed by atoms with E-state index in [1.165, 1.54) is 44.4 Å². The van der Waals surface area contributed by atoms with Gasteiger partial charge in [-0.15, -0.1) is 0 Å². The zero-order valence-electron chi connectivity index (χ0n) is 15.3.